The van der Waals surface area contributed by atoms with E-state index < -0.39 is 11.9 Å². The van der Waals surface area contributed by atoms with Crippen molar-refractivity contribution in [3.05, 3.63) is 43.0 Å². The second kappa shape index (κ2) is 5.67. The molecule has 0 saturated carbocycles. The van der Waals surface area contributed by atoms with Crippen LogP contribution in [0.4, 0.5) is 0 Å². The highest BCUT2D eigenvalue weighted by Gasteiger charge is 2.13. The smallest absolute Gasteiger partial charge is 0.338 e. The maximum atomic E-state index is 11.4. The van der Waals surface area contributed by atoms with Crippen LogP contribution in [-0.2, 0) is 9.59 Å². The van der Waals surface area contributed by atoms with E-state index in [-0.39, 0.29) is 22.8 Å². The topological polar surface area (TPSA) is 72.8 Å². The Morgan fingerprint density at radius 3 is 2.50 bits per heavy atom. The Morgan fingerprint density at radius 2 is 1.94 bits per heavy atom. The molecule has 0 amide bonds. The van der Waals surface area contributed by atoms with Crippen LogP contribution >= 0.6 is 0 Å². The molecule has 1 N–H and O–H groups in total. The van der Waals surface area contributed by atoms with Crippen LogP contribution in [0.3, 0.4) is 0 Å². The Morgan fingerprint density at radius 1 is 1.28 bits per heavy atom. The van der Waals surface area contributed by atoms with E-state index in [9.17, 15) is 14.7 Å². The van der Waals surface area contributed by atoms with E-state index in [2.05, 4.69) is 13.2 Å². The fourth-order valence-electron chi connectivity index (χ4n) is 0.998. The molecule has 1 rings (SSSR count). The Balaban J connectivity index is 3.03. The van der Waals surface area contributed by atoms with E-state index in [0.29, 0.717) is 0 Å². The number of benzene rings is 1. The van der Waals surface area contributed by atoms with Crippen LogP contribution in [0.5, 0.6) is 17.2 Å². The van der Waals surface area contributed by atoms with Crippen molar-refractivity contribution in [2.75, 3.05) is 0 Å². The van der Waals surface area contributed by atoms with E-state index in [1.54, 1.807) is 0 Å². The molecular formula is C13H12O5. The van der Waals surface area contributed by atoms with E-state index in [1.807, 2.05) is 0 Å². The lowest BCUT2D eigenvalue weighted by molar-refractivity contribution is -0.132. The molecule has 18 heavy (non-hydrogen) atoms. The molecule has 94 valence electrons. The minimum atomic E-state index is -0.701. The third kappa shape index (κ3) is 3.48. The summed E-state index contributed by atoms with van der Waals surface area (Å²) in [6.07, 6.45) is 0.969. The summed E-state index contributed by atoms with van der Waals surface area (Å²) in [7, 11) is 0. The van der Waals surface area contributed by atoms with Crippen molar-refractivity contribution in [1.29, 1.82) is 0 Å². The summed E-state index contributed by atoms with van der Waals surface area (Å²) < 4.78 is 9.78. The predicted molar refractivity (Wildman–Crippen MR) is 64.4 cm³/mol. The van der Waals surface area contributed by atoms with Crippen LogP contribution in [0.1, 0.15) is 6.92 Å². The molecule has 0 aliphatic heterocycles. The normalized spacial score (nSPS) is 9.39. The zero-order valence-electron chi connectivity index (χ0n) is 9.80. The minimum absolute atomic E-state index is 0.00676. The first-order valence-electron chi connectivity index (χ1n) is 4.99. The molecule has 0 fully saturated rings. The summed E-state index contributed by atoms with van der Waals surface area (Å²) in [6.45, 7) is 8.14. The molecule has 0 radical (unpaired) electrons. The lowest BCUT2D eigenvalue weighted by atomic mass is 10.3. The van der Waals surface area contributed by atoms with Gasteiger partial charge in [0.25, 0.3) is 0 Å². The van der Waals surface area contributed by atoms with Crippen molar-refractivity contribution in [2.45, 2.75) is 6.92 Å². The van der Waals surface area contributed by atoms with Gasteiger partial charge in [0, 0.05) is 17.7 Å². The Hall–Kier alpha value is -2.56. The molecular weight excluding hydrogens is 236 g/mol. The number of aromatic hydroxyl groups is 1. The highest BCUT2D eigenvalue weighted by Crippen LogP contribution is 2.31. The lowest BCUT2D eigenvalue weighted by Crippen LogP contribution is -2.11. The molecule has 5 heteroatoms. The van der Waals surface area contributed by atoms with Gasteiger partial charge < -0.3 is 14.6 Å². The monoisotopic (exact) mass is 248 g/mol. The fourth-order valence-corrected chi connectivity index (χ4v) is 0.998. The Kier molecular flexibility index (Phi) is 4.26. The summed E-state index contributed by atoms with van der Waals surface area (Å²) in [5.41, 5.74) is 0.180. The lowest BCUT2D eigenvalue weighted by Gasteiger charge is -2.09. The predicted octanol–water partition coefficient (Wildman–Crippen LogP) is 1.97. The molecule has 0 heterocycles. The van der Waals surface area contributed by atoms with Crippen LogP contribution in [0, 0.1) is 0 Å². The molecule has 0 spiro atoms. The number of phenolic OH excluding ortho intramolecular Hbond substituents is 1. The van der Waals surface area contributed by atoms with Crippen LogP contribution in [0.25, 0.3) is 0 Å². The van der Waals surface area contributed by atoms with Crippen LogP contribution < -0.4 is 9.47 Å². The third-order valence-electron chi connectivity index (χ3n) is 1.86. The Bertz CT molecular complexity index is 516. The number of carbonyl (C=O) groups excluding carboxylic acids is 2. The van der Waals surface area contributed by atoms with Gasteiger partial charge >= 0.3 is 11.9 Å². The van der Waals surface area contributed by atoms with Crippen molar-refractivity contribution >= 4 is 11.9 Å². The van der Waals surface area contributed by atoms with Gasteiger partial charge in [0.1, 0.15) is 5.75 Å². The van der Waals surface area contributed by atoms with Gasteiger partial charge in [-0.2, -0.15) is 0 Å². The molecule has 0 bridgehead atoms. The number of ether oxygens (including phenoxy) is 2. The average Bonchev–Trinajstić information content (AvgIpc) is 2.32. The van der Waals surface area contributed by atoms with Gasteiger partial charge in [-0.15, -0.1) is 0 Å². The molecule has 0 aromatic heterocycles. The first-order valence-corrected chi connectivity index (χ1v) is 4.99. The zero-order valence-corrected chi connectivity index (χ0v) is 9.80. The second-order valence-electron chi connectivity index (χ2n) is 3.43. The van der Waals surface area contributed by atoms with Gasteiger partial charge in [-0.1, -0.05) is 13.2 Å². The molecule has 1 aromatic carbocycles. The van der Waals surface area contributed by atoms with E-state index >= 15 is 0 Å². The van der Waals surface area contributed by atoms with E-state index in [0.717, 1.165) is 12.1 Å². The second-order valence-corrected chi connectivity index (χ2v) is 3.43. The SMILES string of the molecule is C=CC(=O)Oc1ccc(O)cc1OC(=O)C(=C)C. The maximum Gasteiger partial charge on any atom is 0.338 e. The summed E-state index contributed by atoms with van der Waals surface area (Å²) in [5, 5.41) is 9.31. The standard InChI is InChI=1S/C13H12O5/c1-4-12(15)17-10-6-5-9(14)7-11(10)18-13(16)8(2)3/h4-7,14H,1-2H2,3H3. The molecule has 5 nitrogen and oxygen atoms in total. The van der Waals surface area contributed by atoms with Crippen LogP contribution in [0.15, 0.2) is 43.0 Å². The summed E-state index contributed by atoms with van der Waals surface area (Å²) in [5.74, 6) is -1.58. The number of esters is 2. The summed E-state index contributed by atoms with van der Waals surface area (Å²) in [6, 6.07) is 3.76. The first kappa shape index (κ1) is 13.5. The molecule has 0 aliphatic carbocycles. The van der Waals surface area contributed by atoms with Gasteiger partial charge in [-0.05, 0) is 19.1 Å². The summed E-state index contributed by atoms with van der Waals surface area (Å²) >= 11 is 0. The highest BCUT2D eigenvalue weighted by atomic mass is 16.6. The van der Waals surface area contributed by atoms with Crippen LogP contribution in [-0.4, -0.2) is 17.0 Å². The molecule has 0 saturated heterocycles. The summed E-state index contributed by atoms with van der Waals surface area (Å²) in [4.78, 5) is 22.4. The zero-order chi connectivity index (χ0) is 13.7. The number of hydrogen-bond acceptors (Lipinski definition) is 5. The van der Waals surface area contributed by atoms with Gasteiger partial charge in [0.05, 0.1) is 0 Å². The number of rotatable bonds is 4. The Labute approximate surface area is 104 Å². The fraction of sp³-hybridized carbons (Fsp3) is 0.0769. The van der Waals surface area contributed by atoms with E-state index in [4.69, 9.17) is 9.47 Å². The van der Waals surface area contributed by atoms with Crippen molar-refractivity contribution < 1.29 is 24.2 Å². The molecule has 0 unspecified atom stereocenters. The minimum Gasteiger partial charge on any atom is -0.508 e. The third-order valence-corrected chi connectivity index (χ3v) is 1.86. The molecule has 0 atom stereocenters. The molecule has 1 aromatic rings. The van der Waals surface area contributed by atoms with E-state index in [1.165, 1.54) is 19.1 Å². The van der Waals surface area contributed by atoms with Gasteiger partial charge in [-0.3, -0.25) is 0 Å². The maximum absolute atomic E-state index is 11.4. The highest BCUT2D eigenvalue weighted by molar-refractivity contribution is 5.89. The quantitative estimate of drug-likeness (QED) is 0.501. The average molecular weight is 248 g/mol. The van der Waals surface area contributed by atoms with Gasteiger partial charge in [0.15, 0.2) is 11.5 Å². The first-order chi connectivity index (χ1) is 8.43. The van der Waals surface area contributed by atoms with Crippen LogP contribution in [0.2, 0.25) is 0 Å². The molecule has 0 aliphatic rings. The van der Waals surface area contributed by atoms with Crippen molar-refractivity contribution in [2.24, 2.45) is 0 Å². The van der Waals surface area contributed by atoms with Crippen molar-refractivity contribution in [1.82, 2.24) is 0 Å². The number of hydrogen-bond donors (Lipinski definition) is 1. The van der Waals surface area contributed by atoms with Crippen molar-refractivity contribution in [3.8, 4) is 17.2 Å². The van der Waals surface area contributed by atoms with Gasteiger partial charge in [0.2, 0.25) is 0 Å². The largest absolute Gasteiger partial charge is 0.508 e. The van der Waals surface area contributed by atoms with Gasteiger partial charge in [-0.25, -0.2) is 9.59 Å². The van der Waals surface area contributed by atoms with Crippen molar-refractivity contribution in [3.63, 3.8) is 0 Å². The number of carbonyl (C=O) groups is 2. The number of phenols is 1.